The summed E-state index contributed by atoms with van der Waals surface area (Å²) < 4.78 is 0. The molecule has 1 amide bonds. The summed E-state index contributed by atoms with van der Waals surface area (Å²) in [6.45, 7) is 4.37. The van der Waals surface area contributed by atoms with Crippen LogP contribution in [-0.2, 0) is 11.2 Å². The standard InChI is InChI=1S/C10H14ClN3O/c1-7-5-8(2)14-9(13-7)3-4-12-10(15)6-11/h5H,3-4,6H2,1-2H3,(H,12,15). The van der Waals surface area contributed by atoms with Crippen LogP contribution in [0.15, 0.2) is 6.07 Å². The number of carbonyl (C=O) groups is 1. The summed E-state index contributed by atoms with van der Waals surface area (Å²) in [7, 11) is 0. The zero-order chi connectivity index (χ0) is 11.3. The van der Waals surface area contributed by atoms with E-state index in [4.69, 9.17) is 11.6 Å². The number of aryl methyl sites for hydroxylation is 2. The van der Waals surface area contributed by atoms with Gasteiger partial charge in [0, 0.05) is 24.4 Å². The molecule has 1 rings (SSSR count). The number of nitrogens with zero attached hydrogens (tertiary/aromatic N) is 2. The Balaban J connectivity index is 2.47. The maximum absolute atomic E-state index is 10.9. The van der Waals surface area contributed by atoms with Gasteiger partial charge in [0.2, 0.25) is 5.91 Å². The highest BCUT2D eigenvalue weighted by atomic mass is 35.5. The highest BCUT2D eigenvalue weighted by Gasteiger charge is 2.01. The van der Waals surface area contributed by atoms with Crippen LogP contribution in [0, 0.1) is 13.8 Å². The van der Waals surface area contributed by atoms with Crippen molar-refractivity contribution in [1.29, 1.82) is 0 Å². The number of aromatic nitrogens is 2. The molecule has 0 fully saturated rings. The van der Waals surface area contributed by atoms with Crippen LogP contribution in [0.4, 0.5) is 0 Å². The quantitative estimate of drug-likeness (QED) is 0.781. The second-order valence-electron chi connectivity index (χ2n) is 3.30. The number of amides is 1. The van der Waals surface area contributed by atoms with Crippen molar-refractivity contribution in [2.75, 3.05) is 12.4 Å². The van der Waals surface area contributed by atoms with E-state index in [-0.39, 0.29) is 11.8 Å². The van der Waals surface area contributed by atoms with Gasteiger partial charge in [-0.2, -0.15) is 0 Å². The number of alkyl halides is 1. The number of hydrogen-bond donors (Lipinski definition) is 1. The van der Waals surface area contributed by atoms with Crippen molar-refractivity contribution >= 4 is 17.5 Å². The number of nitrogens with one attached hydrogen (secondary N) is 1. The van der Waals surface area contributed by atoms with E-state index in [1.807, 2.05) is 19.9 Å². The molecule has 0 radical (unpaired) electrons. The Morgan fingerprint density at radius 1 is 1.40 bits per heavy atom. The molecule has 0 saturated carbocycles. The molecule has 4 nitrogen and oxygen atoms in total. The molecule has 0 bridgehead atoms. The Morgan fingerprint density at radius 3 is 2.53 bits per heavy atom. The van der Waals surface area contributed by atoms with Gasteiger partial charge in [-0.25, -0.2) is 9.97 Å². The van der Waals surface area contributed by atoms with Crippen molar-refractivity contribution < 1.29 is 4.79 Å². The number of hydrogen-bond acceptors (Lipinski definition) is 3. The van der Waals surface area contributed by atoms with Gasteiger partial charge in [0.1, 0.15) is 11.7 Å². The van der Waals surface area contributed by atoms with Crippen molar-refractivity contribution in [3.05, 3.63) is 23.3 Å². The van der Waals surface area contributed by atoms with Crippen LogP contribution in [0.5, 0.6) is 0 Å². The topological polar surface area (TPSA) is 54.9 Å². The fourth-order valence-electron chi connectivity index (χ4n) is 1.27. The third-order valence-electron chi connectivity index (χ3n) is 1.82. The molecule has 1 heterocycles. The van der Waals surface area contributed by atoms with Crippen LogP contribution in [0.2, 0.25) is 0 Å². The molecule has 5 heteroatoms. The first-order chi connectivity index (χ1) is 7.11. The largest absolute Gasteiger partial charge is 0.355 e. The molecule has 1 N–H and O–H groups in total. The first-order valence-corrected chi connectivity index (χ1v) is 5.29. The van der Waals surface area contributed by atoms with Gasteiger partial charge in [-0.1, -0.05) is 0 Å². The minimum atomic E-state index is -0.166. The second kappa shape index (κ2) is 5.66. The van der Waals surface area contributed by atoms with Crippen molar-refractivity contribution in [3.8, 4) is 0 Å². The summed E-state index contributed by atoms with van der Waals surface area (Å²) >= 11 is 5.34. The van der Waals surface area contributed by atoms with Crippen molar-refractivity contribution in [3.63, 3.8) is 0 Å². The van der Waals surface area contributed by atoms with Gasteiger partial charge in [-0.15, -0.1) is 11.6 Å². The summed E-state index contributed by atoms with van der Waals surface area (Å²) in [5.74, 6) is 0.580. The molecule has 1 aromatic rings. The molecule has 82 valence electrons. The normalized spacial score (nSPS) is 10.1. The third kappa shape index (κ3) is 4.25. The van der Waals surface area contributed by atoms with Gasteiger partial charge in [-0.05, 0) is 19.9 Å². The first-order valence-electron chi connectivity index (χ1n) is 4.75. The lowest BCUT2D eigenvalue weighted by molar-refractivity contribution is -0.118. The summed E-state index contributed by atoms with van der Waals surface area (Å²) in [4.78, 5) is 19.4. The van der Waals surface area contributed by atoms with Gasteiger partial charge in [-0.3, -0.25) is 4.79 Å². The van der Waals surface area contributed by atoms with Crippen molar-refractivity contribution in [1.82, 2.24) is 15.3 Å². The summed E-state index contributed by atoms with van der Waals surface area (Å²) in [6.07, 6.45) is 0.630. The third-order valence-corrected chi connectivity index (χ3v) is 2.06. The average molecular weight is 228 g/mol. The van der Waals surface area contributed by atoms with Crippen molar-refractivity contribution in [2.24, 2.45) is 0 Å². The lowest BCUT2D eigenvalue weighted by Crippen LogP contribution is -2.27. The Hall–Kier alpha value is -1.16. The molecule has 0 spiro atoms. The monoisotopic (exact) mass is 227 g/mol. The van der Waals surface area contributed by atoms with Gasteiger partial charge in [0.05, 0.1) is 0 Å². The zero-order valence-electron chi connectivity index (χ0n) is 8.88. The lowest BCUT2D eigenvalue weighted by Gasteiger charge is -2.04. The minimum Gasteiger partial charge on any atom is -0.355 e. The molecule has 0 aliphatic rings. The van der Waals surface area contributed by atoms with Crippen LogP contribution in [-0.4, -0.2) is 28.3 Å². The number of carbonyl (C=O) groups excluding carboxylic acids is 1. The molecule has 0 unspecified atom stereocenters. The molecule has 1 aromatic heterocycles. The minimum absolute atomic E-state index is 0.00625. The smallest absolute Gasteiger partial charge is 0.234 e. The van der Waals surface area contributed by atoms with Crippen LogP contribution in [0.1, 0.15) is 17.2 Å². The van der Waals surface area contributed by atoms with E-state index in [9.17, 15) is 4.79 Å². The molecular weight excluding hydrogens is 214 g/mol. The Morgan fingerprint density at radius 2 is 2.00 bits per heavy atom. The van der Waals surface area contributed by atoms with Crippen molar-refractivity contribution in [2.45, 2.75) is 20.3 Å². The first kappa shape index (κ1) is 11.9. The van der Waals surface area contributed by atoms with Gasteiger partial charge in [0.25, 0.3) is 0 Å². The highest BCUT2D eigenvalue weighted by molar-refractivity contribution is 6.27. The Kier molecular flexibility index (Phi) is 4.49. The van der Waals surface area contributed by atoms with Crippen LogP contribution >= 0.6 is 11.6 Å². The zero-order valence-corrected chi connectivity index (χ0v) is 9.64. The fraction of sp³-hybridized carbons (Fsp3) is 0.500. The van der Waals surface area contributed by atoms with Gasteiger partial charge >= 0.3 is 0 Å². The molecular formula is C10H14ClN3O. The van der Waals surface area contributed by atoms with E-state index in [1.54, 1.807) is 0 Å². The molecule has 0 saturated heterocycles. The predicted octanol–water partition coefficient (Wildman–Crippen LogP) is 0.991. The maximum Gasteiger partial charge on any atom is 0.234 e. The van der Waals surface area contributed by atoms with E-state index >= 15 is 0 Å². The summed E-state index contributed by atoms with van der Waals surface area (Å²) in [5, 5.41) is 2.67. The average Bonchev–Trinajstić information content (AvgIpc) is 2.16. The number of rotatable bonds is 4. The van der Waals surface area contributed by atoms with Crippen LogP contribution in [0.3, 0.4) is 0 Å². The van der Waals surface area contributed by atoms with E-state index in [2.05, 4.69) is 15.3 Å². The Labute approximate surface area is 94.1 Å². The summed E-state index contributed by atoms with van der Waals surface area (Å²) in [6, 6.07) is 1.92. The molecule has 0 aromatic carbocycles. The highest BCUT2D eigenvalue weighted by Crippen LogP contribution is 1.99. The van der Waals surface area contributed by atoms with Gasteiger partial charge < -0.3 is 5.32 Å². The fourth-order valence-corrected chi connectivity index (χ4v) is 1.37. The SMILES string of the molecule is Cc1cc(C)nc(CCNC(=O)CCl)n1. The van der Waals surface area contributed by atoms with Crippen LogP contribution in [0.25, 0.3) is 0 Å². The van der Waals surface area contributed by atoms with E-state index in [1.165, 1.54) is 0 Å². The molecule has 0 aliphatic carbocycles. The van der Waals surface area contributed by atoms with Gasteiger partial charge in [0.15, 0.2) is 0 Å². The lowest BCUT2D eigenvalue weighted by atomic mass is 10.3. The Bertz CT molecular complexity index is 334. The van der Waals surface area contributed by atoms with E-state index in [0.29, 0.717) is 13.0 Å². The maximum atomic E-state index is 10.9. The molecule has 15 heavy (non-hydrogen) atoms. The summed E-state index contributed by atoms with van der Waals surface area (Å²) in [5.41, 5.74) is 1.89. The van der Waals surface area contributed by atoms with E-state index < -0.39 is 0 Å². The van der Waals surface area contributed by atoms with E-state index in [0.717, 1.165) is 17.2 Å². The molecule has 0 aliphatic heterocycles. The predicted molar refractivity (Wildman–Crippen MR) is 58.9 cm³/mol. The van der Waals surface area contributed by atoms with Crippen LogP contribution < -0.4 is 5.32 Å². The molecule has 0 atom stereocenters. The second-order valence-corrected chi connectivity index (χ2v) is 3.57. The number of halogens is 1.